The Kier molecular flexibility index (Phi) is 5.75. The summed E-state index contributed by atoms with van der Waals surface area (Å²) in [5, 5.41) is 19.7. The minimum atomic E-state index is -0.505. The second-order valence-corrected chi connectivity index (χ2v) is 5.22. The average Bonchev–Trinajstić information content (AvgIpc) is 2.22. The van der Waals surface area contributed by atoms with Gasteiger partial charge in [0.25, 0.3) is 0 Å². The van der Waals surface area contributed by atoms with E-state index >= 15 is 0 Å². The van der Waals surface area contributed by atoms with Crippen LogP contribution in [0.3, 0.4) is 0 Å². The second kappa shape index (κ2) is 5.91. The molecule has 98 valence electrons. The summed E-state index contributed by atoms with van der Waals surface area (Å²) in [6.45, 7) is 5.39. The number of benzene rings is 1. The maximum absolute atomic E-state index is 9.93. The fourth-order valence-electron chi connectivity index (χ4n) is 1.52. The molecule has 0 heterocycles. The predicted molar refractivity (Wildman–Crippen MR) is 72.9 cm³/mol. The minimum Gasteiger partial charge on any atom is -0.507 e. The van der Waals surface area contributed by atoms with Crippen molar-refractivity contribution in [2.45, 2.75) is 26.8 Å². The molecule has 0 fully saturated rings. The maximum Gasteiger partial charge on any atom is 0.123 e. The van der Waals surface area contributed by atoms with E-state index in [1.807, 2.05) is 13.8 Å². The Labute approximate surface area is 113 Å². The molecular weight excluding hydrogens is 261 g/mol. The van der Waals surface area contributed by atoms with Gasteiger partial charge in [0, 0.05) is 28.6 Å². The third-order valence-electron chi connectivity index (χ3n) is 2.88. The van der Waals surface area contributed by atoms with Gasteiger partial charge >= 0.3 is 0 Å². The fraction of sp³-hybridized carbons (Fsp3) is 0.500. The summed E-state index contributed by atoms with van der Waals surface area (Å²) in [4.78, 5) is 0. The largest absolute Gasteiger partial charge is 0.507 e. The van der Waals surface area contributed by atoms with Crippen molar-refractivity contribution in [3.8, 4) is 5.75 Å². The third-order valence-corrected chi connectivity index (χ3v) is 3.10. The summed E-state index contributed by atoms with van der Waals surface area (Å²) < 4.78 is 0. The van der Waals surface area contributed by atoms with Crippen LogP contribution in [0.15, 0.2) is 12.1 Å². The Bertz CT molecular complexity index is 394. The molecule has 0 aliphatic rings. The van der Waals surface area contributed by atoms with E-state index in [-0.39, 0.29) is 24.8 Å². The van der Waals surface area contributed by atoms with E-state index in [1.54, 1.807) is 19.1 Å². The van der Waals surface area contributed by atoms with Crippen LogP contribution >= 0.6 is 24.0 Å². The number of nitrogens with two attached hydrogens (primary N) is 1. The first kappa shape index (κ1) is 16.5. The number of phenols is 1. The summed E-state index contributed by atoms with van der Waals surface area (Å²) in [5.41, 5.74) is 6.80. The fourth-order valence-corrected chi connectivity index (χ4v) is 1.80. The van der Waals surface area contributed by atoms with Crippen LogP contribution < -0.4 is 5.73 Å². The highest BCUT2D eigenvalue weighted by Gasteiger charge is 2.29. The molecule has 0 amide bonds. The second-order valence-electron chi connectivity index (χ2n) is 4.78. The quantitative estimate of drug-likeness (QED) is 0.797. The highest BCUT2D eigenvalue weighted by Crippen LogP contribution is 2.38. The van der Waals surface area contributed by atoms with E-state index < -0.39 is 11.5 Å². The Morgan fingerprint density at radius 1 is 1.41 bits per heavy atom. The third kappa shape index (κ3) is 3.49. The lowest BCUT2D eigenvalue weighted by Crippen LogP contribution is -2.32. The molecule has 0 aromatic heterocycles. The molecule has 0 aliphatic carbocycles. The SMILES string of the molecule is Cc1cc(Cl)cc([C@@H](N)C(C)(C)CO)c1O.Cl. The number of aliphatic hydroxyl groups is 1. The van der Waals surface area contributed by atoms with Crippen molar-refractivity contribution < 1.29 is 10.2 Å². The summed E-state index contributed by atoms with van der Waals surface area (Å²) in [6.07, 6.45) is 0. The number of aliphatic hydroxyl groups excluding tert-OH is 1. The first-order valence-electron chi connectivity index (χ1n) is 5.15. The lowest BCUT2D eigenvalue weighted by Gasteiger charge is -2.30. The van der Waals surface area contributed by atoms with E-state index in [9.17, 15) is 10.2 Å². The smallest absolute Gasteiger partial charge is 0.123 e. The van der Waals surface area contributed by atoms with Crippen LogP contribution in [-0.2, 0) is 0 Å². The number of rotatable bonds is 3. The molecule has 4 N–H and O–H groups in total. The molecular formula is C12H19Cl2NO2. The molecule has 0 bridgehead atoms. The van der Waals surface area contributed by atoms with Gasteiger partial charge in [0.1, 0.15) is 5.75 Å². The molecule has 3 nitrogen and oxygen atoms in total. The number of hydrogen-bond donors (Lipinski definition) is 3. The van der Waals surface area contributed by atoms with Crippen molar-refractivity contribution in [3.63, 3.8) is 0 Å². The lowest BCUT2D eigenvalue weighted by molar-refractivity contribution is 0.131. The normalized spacial score (nSPS) is 13.1. The number of aryl methyl sites for hydroxylation is 1. The Morgan fingerprint density at radius 2 is 1.94 bits per heavy atom. The zero-order valence-corrected chi connectivity index (χ0v) is 11.8. The van der Waals surface area contributed by atoms with E-state index in [4.69, 9.17) is 17.3 Å². The van der Waals surface area contributed by atoms with Crippen LogP contribution in [0.4, 0.5) is 0 Å². The summed E-state index contributed by atoms with van der Waals surface area (Å²) in [5.74, 6) is 0.151. The number of aromatic hydroxyl groups is 1. The molecule has 1 atom stereocenters. The van der Waals surface area contributed by atoms with E-state index in [1.165, 1.54) is 0 Å². The first-order chi connectivity index (χ1) is 7.29. The summed E-state index contributed by atoms with van der Waals surface area (Å²) in [7, 11) is 0. The zero-order chi connectivity index (χ0) is 12.5. The summed E-state index contributed by atoms with van der Waals surface area (Å²) in [6, 6.07) is 2.86. The van der Waals surface area contributed by atoms with Crippen LogP contribution in [0.1, 0.15) is 31.0 Å². The standard InChI is InChI=1S/C12H18ClNO2.ClH/c1-7-4-8(13)5-9(10(7)16)11(14)12(2,3)6-15;/h4-5,11,15-16H,6,14H2,1-3H3;1H/t11-;/m1./s1. The van der Waals surface area contributed by atoms with E-state index in [2.05, 4.69) is 0 Å². The van der Waals surface area contributed by atoms with Gasteiger partial charge in [0.2, 0.25) is 0 Å². The predicted octanol–water partition coefficient (Wildman–Crippen LogP) is 2.79. The van der Waals surface area contributed by atoms with Gasteiger partial charge in [-0.1, -0.05) is 25.4 Å². The van der Waals surface area contributed by atoms with Crippen LogP contribution in [-0.4, -0.2) is 16.8 Å². The molecule has 1 aromatic carbocycles. The van der Waals surface area contributed by atoms with Gasteiger partial charge in [0.15, 0.2) is 0 Å². The van der Waals surface area contributed by atoms with Gasteiger partial charge in [-0.15, -0.1) is 12.4 Å². The van der Waals surface area contributed by atoms with Crippen LogP contribution in [0.5, 0.6) is 5.75 Å². The zero-order valence-electron chi connectivity index (χ0n) is 10.2. The molecule has 17 heavy (non-hydrogen) atoms. The highest BCUT2D eigenvalue weighted by molar-refractivity contribution is 6.30. The highest BCUT2D eigenvalue weighted by atomic mass is 35.5. The van der Waals surface area contributed by atoms with Crippen molar-refractivity contribution in [2.75, 3.05) is 6.61 Å². The Balaban J connectivity index is 0.00000256. The average molecular weight is 280 g/mol. The summed E-state index contributed by atoms with van der Waals surface area (Å²) >= 11 is 5.93. The monoisotopic (exact) mass is 279 g/mol. The molecule has 5 heteroatoms. The van der Waals surface area contributed by atoms with Gasteiger partial charge < -0.3 is 15.9 Å². The van der Waals surface area contributed by atoms with Gasteiger partial charge in [-0.05, 0) is 24.6 Å². The Hall–Kier alpha value is -0.480. The first-order valence-corrected chi connectivity index (χ1v) is 5.53. The van der Waals surface area contributed by atoms with Gasteiger partial charge in [-0.3, -0.25) is 0 Å². The van der Waals surface area contributed by atoms with Gasteiger partial charge in [0.05, 0.1) is 0 Å². The van der Waals surface area contributed by atoms with Crippen LogP contribution in [0, 0.1) is 12.3 Å². The van der Waals surface area contributed by atoms with Crippen molar-refractivity contribution >= 4 is 24.0 Å². The molecule has 1 aromatic rings. The van der Waals surface area contributed by atoms with Crippen molar-refractivity contribution in [1.29, 1.82) is 0 Å². The minimum absolute atomic E-state index is 0. The number of phenolic OH excluding ortho intramolecular Hbond substituents is 1. The van der Waals surface area contributed by atoms with Crippen molar-refractivity contribution in [1.82, 2.24) is 0 Å². The number of hydrogen-bond acceptors (Lipinski definition) is 3. The van der Waals surface area contributed by atoms with E-state index in [0.717, 1.165) is 0 Å². The van der Waals surface area contributed by atoms with Crippen LogP contribution in [0.25, 0.3) is 0 Å². The van der Waals surface area contributed by atoms with Gasteiger partial charge in [-0.25, -0.2) is 0 Å². The number of halogens is 2. The van der Waals surface area contributed by atoms with Crippen molar-refractivity contribution in [2.24, 2.45) is 11.1 Å². The molecule has 0 unspecified atom stereocenters. The maximum atomic E-state index is 9.93. The molecule has 0 saturated carbocycles. The molecule has 0 radical (unpaired) electrons. The molecule has 1 rings (SSSR count). The van der Waals surface area contributed by atoms with Crippen molar-refractivity contribution in [3.05, 3.63) is 28.3 Å². The van der Waals surface area contributed by atoms with Crippen LogP contribution in [0.2, 0.25) is 5.02 Å². The molecule has 0 aliphatic heterocycles. The molecule has 0 saturated heterocycles. The van der Waals surface area contributed by atoms with E-state index in [0.29, 0.717) is 16.1 Å². The Morgan fingerprint density at radius 3 is 2.41 bits per heavy atom. The lowest BCUT2D eigenvalue weighted by atomic mass is 9.81. The topological polar surface area (TPSA) is 66.5 Å². The molecule has 0 spiro atoms. The van der Waals surface area contributed by atoms with Gasteiger partial charge in [-0.2, -0.15) is 0 Å².